The second kappa shape index (κ2) is 4.42. The molecule has 0 aliphatic carbocycles. The van der Waals surface area contributed by atoms with Gasteiger partial charge in [-0.2, -0.15) is 0 Å². The Labute approximate surface area is 106 Å². The Balaban J connectivity index is 2.07. The van der Waals surface area contributed by atoms with Crippen LogP contribution in [0.5, 0.6) is 0 Å². The van der Waals surface area contributed by atoms with Crippen molar-refractivity contribution in [1.82, 2.24) is 10.2 Å². The summed E-state index contributed by atoms with van der Waals surface area (Å²) in [7, 11) is 0. The topological polar surface area (TPSA) is 78.9 Å². The van der Waals surface area contributed by atoms with Gasteiger partial charge >= 0.3 is 12.0 Å². The lowest BCUT2D eigenvalue weighted by Crippen LogP contribution is -2.58. The number of carboxylic acids is 1. The maximum Gasteiger partial charge on any atom is 0.329 e. The number of amides is 2. The first kappa shape index (κ1) is 13.1. The highest BCUT2D eigenvalue weighted by molar-refractivity contribution is 5.87. The molecule has 2 amide bonds. The van der Waals surface area contributed by atoms with Crippen molar-refractivity contribution < 1.29 is 19.4 Å². The number of nitrogens with one attached hydrogen (secondary N) is 1. The third kappa shape index (κ3) is 2.16. The van der Waals surface area contributed by atoms with Crippen LogP contribution in [0.3, 0.4) is 0 Å². The highest BCUT2D eigenvalue weighted by Crippen LogP contribution is 2.30. The minimum Gasteiger partial charge on any atom is -0.480 e. The van der Waals surface area contributed by atoms with Gasteiger partial charge in [0.15, 0.2) is 0 Å². The van der Waals surface area contributed by atoms with E-state index in [0.29, 0.717) is 26.2 Å². The Hall–Kier alpha value is -1.30. The van der Waals surface area contributed by atoms with E-state index in [1.165, 1.54) is 4.90 Å². The zero-order chi connectivity index (χ0) is 13.4. The standard InChI is InChI=1S/C12H20N2O4/c1-11(5-7-18-8-11)13-10(17)14-6-3-4-12(14,2)9(15)16/h3-8H2,1-2H3,(H,13,17)(H,15,16). The molecule has 2 heterocycles. The second-order valence-corrected chi connectivity index (χ2v) is 5.63. The van der Waals surface area contributed by atoms with Gasteiger partial charge in [0.05, 0.1) is 12.1 Å². The van der Waals surface area contributed by atoms with E-state index in [4.69, 9.17) is 4.74 Å². The number of carbonyl (C=O) groups is 2. The maximum atomic E-state index is 12.2. The molecule has 2 unspecified atom stereocenters. The van der Waals surface area contributed by atoms with E-state index in [-0.39, 0.29) is 11.6 Å². The molecule has 6 nitrogen and oxygen atoms in total. The number of ether oxygens (including phenoxy) is 1. The molecule has 0 aromatic carbocycles. The Morgan fingerprint density at radius 1 is 1.33 bits per heavy atom. The van der Waals surface area contributed by atoms with Gasteiger partial charge in [-0.1, -0.05) is 0 Å². The molecule has 2 N–H and O–H groups in total. The van der Waals surface area contributed by atoms with Crippen molar-refractivity contribution in [2.24, 2.45) is 0 Å². The van der Waals surface area contributed by atoms with Crippen LogP contribution in [0.25, 0.3) is 0 Å². The number of likely N-dealkylation sites (tertiary alicyclic amines) is 1. The molecular weight excluding hydrogens is 236 g/mol. The fraction of sp³-hybridized carbons (Fsp3) is 0.833. The van der Waals surface area contributed by atoms with Crippen molar-refractivity contribution >= 4 is 12.0 Å². The van der Waals surface area contributed by atoms with Gasteiger partial charge in [-0.15, -0.1) is 0 Å². The fourth-order valence-electron chi connectivity index (χ4n) is 2.60. The number of rotatable bonds is 2. The van der Waals surface area contributed by atoms with Gasteiger partial charge in [0.2, 0.25) is 0 Å². The summed E-state index contributed by atoms with van der Waals surface area (Å²) < 4.78 is 5.27. The first-order chi connectivity index (χ1) is 8.37. The average Bonchev–Trinajstić information content (AvgIpc) is 2.86. The van der Waals surface area contributed by atoms with Crippen LogP contribution in [0.15, 0.2) is 0 Å². The molecule has 0 bridgehead atoms. The summed E-state index contributed by atoms with van der Waals surface area (Å²) in [6.45, 7) is 5.14. The van der Waals surface area contributed by atoms with Gasteiger partial charge in [0, 0.05) is 13.2 Å². The molecular formula is C12H20N2O4. The zero-order valence-electron chi connectivity index (χ0n) is 10.9. The van der Waals surface area contributed by atoms with Gasteiger partial charge in [-0.3, -0.25) is 0 Å². The molecule has 2 aliphatic heterocycles. The Morgan fingerprint density at radius 3 is 2.61 bits per heavy atom. The van der Waals surface area contributed by atoms with Crippen molar-refractivity contribution in [3.8, 4) is 0 Å². The Morgan fingerprint density at radius 2 is 2.06 bits per heavy atom. The van der Waals surface area contributed by atoms with Gasteiger partial charge in [-0.05, 0) is 33.1 Å². The van der Waals surface area contributed by atoms with E-state index in [1.807, 2.05) is 6.92 Å². The van der Waals surface area contributed by atoms with Crippen LogP contribution in [0, 0.1) is 0 Å². The van der Waals surface area contributed by atoms with Crippen molar-refractivity contribution in [1.29, 1.82) is 0 Å². The van der Waals surface area contributed by atoms with E-state index in [0.717, 1.165) is 12.8 Å². The van der Waals surface area contributed by atoms with Gasteiger partial charge in [0.25, 0.3) is 0 Å². The summed E-state index contributed by atoms with van der Waals surface area (Å²) in [5, 5.41) is 12.2. The Kier molecular flexibility index (Phi) is 3.23. The van der Waals surface area contributed by atoms with Crippen LogP contribution >= 0.6 is 0 Å². The van der Waals surface area contributed by atoms with E-state index in [1.54, 1.807) is 6.92 Å². The molecule has 0 aromatic rings. The maximum absolute atomic E-state index is 12.2. The van der Waals surface area contributed by atoms with Crippen molar-refractivity contribution in [2.45, 2.75) is 44.2 Å². The molecule has 0 saturated carbocycles. The summed E-state index contributed by atoms with van der Waals surface area (Å²) >= 11 is 0. The summed E-state index contributed by atoms with van der Waals surface area (Å²) in [5.41, 5.74) is -1.46. The number of aliphatic carboxylic acids is 1. The number of hydrogen-bond acceptors (Lipinski definition) is 3. The number of carbonyl (C=O) groups excluding carboxylic acids is 1. The molecule has 2 atom stereocenters. The highest BCUT2D eigenvalue weighted by Gasteiger charge is 2.47. The molecule has 0 radical (unpaired) electrons. The molecule has 2 saturated heterocycles. The average molecular weight is 256 g/mol. The molecule has 2 aliphatic rings. The molecule has 2 rings (SSSR count). The van der Waals surface area contributed by atoms with Gasteiger partial charge in [0.1, 0.15) is 5.54 Å². The molecule has 6 heteroatoms. The van der Waals surface area contributed by atoms with Gasteiger partial charge < -0.3 is 20.1 Å². The minimum atomic E-state index is -1.08. The largest absolute Gasteiger partial charge is 0.480 e. The normalized spacial score (nSPS) is 35.8. The van der Waals surface area contributed by atoms with Crippen LogP contribution in [-0.4, -0.2) is 52.8 Å². The van der Waals surface area contributed by atoms with Crippen molar-refractivity contribution in [3.63, 3.8) is 0 Å². The first-order valence-electron chi connectivity index (χ1n) is 6.28. The predicted octanol–water partition coefficient (Wildman–Crippen LogP) is 0.814. The number of hydrogen-bond donors (Lipinski definition) is 2. The lowest BCUT2D eigenvalue weighted by molar-refractivity contribution is -0.147. The van der Waals surface area contributed by atoms with E-state index in [9.17, 15) is 14.7 Å². The van der Waals surface area contributed by atoms with E-state index < -0.39 is 11.5 Å². The molecule has 18 heavy (non-hydrogen) atoms. The minimum absolute atomic E-state index is 0.301. The summed E-state index contributed by atoms with van der Waals surface area (Å²) in [6.07, 6.45) is 1.99. The lowest BCUT2D eigenvalue weighted by atomic mass is 9.99. The van der Waals surface area contributed by atoms with Crippen LogP contribution in [0.1, 0.15) is 33.1 Å². The molecule has 102 valence electrons. The smallest absolute Gasteiger partial charge is 0.329 e. The van der Waals surface area contributed by atoms with Gasteiger partial charge in [-0.25, -0.2) is 9.59 Å². The summed E-state index contributed by atoms with van der Waals surface area (Å²) in [6, 6.07) is -0.301. The molecule has 0 aromatic heterocycles. The van der Waals surface area contributed by atoms with Crippen LogP contribution in [0.2, 0.25) is 0 Å². The van der Waals surface area contributed by atoms with Crippen LogP contribution < -0.4 is 5.32 Å². The highest BCUT2D eigenvalue weighted by atomic mass is 16.5. The number of nitrogens with zero attached hydrogens (tertiary/aromatic N) is 1. The van der Waals surface area contributed by atoms with E-state index in [2.05, 4.69) is 5.32 Å². The predicted molar refractivity (Wildman–Crippen MR) is 64.4 cm³/mol. The SMILES string of the molecule is CC1(NC(=O)N2CCCC2(C)C(=O)O)CCOC1. The van der Waals surface area contributed by atoms with Crippen LogP contribution in [0.4, 0.5) is 4.79 Å². The third-order valence-electron chi connectivity index (χ3n) is 3.97. The Bertz CT molecular complexity index is 365. The van der Waals surface area contributed by atoms with Crippen molar-refractivity contribution in [2.75, 3.05) is 19.8 Å². The molecule has 2 fully saturated rings. The van der Waals surface area contributed by atoms with E-state index >= 15 is 0 Å². The lowest BCUT2D eigenvalue weighted by Gasteiger charge is -2.34. The van der Waals surface area contributed by atoms with Crippen LogP contribution in [-0.2, 0) is 9.53 Å². The number of urea groups is 1. The first-order valence-corrected chi connectivity index (χ1v) is 6.28. The number of carboxylic acid groups (broad SMARTS) is 1. The summed E-state index contributed by atoms with van der Waals surface area (Å²) in [4.78, 5) is 25.0. The quantitative estimate of drug-likeness (QED) is 0.766. The van der Waals surface area contributed by atoms with Crippen molar-refractivity contribution in [3.05, 3.63) is 0 Å². The monoisotopic (exact) mass is 256 g/mol. The third-order valence-corrected chi connectivity index (χ3v) is 3.97. The zero-order valence-corrected chi connectivity index (χ0v) is 10.9. The fourth-order valence-corrected chi connectivity index (χ4v) is 2.60. The molecule has 0 spiro atoms. The second-order valence-electron chi connectivity index (χ2n) is 5.63. The summed E-state index contributed by atoms with van der Waals surface area (Å²) in [5.74, 6) is -0.942.